The molecular weight excluding hydrogens is 197 g/mol. The summed E-state index contributed by atoms with van der Waals surface area (Å²) in [4.78, 5) is 12.1. The van der Waals surface area contributed by atoms with Gasteiger partial charge in [0, 0.05) is 12.6 Å². The van der Waals surface area contributed by atoms with Gasteiger partial charge in [-0.15, -0.1) is 0 Å². The Morgan fingerprint density at radius 1 is 1.50 bits per heavy atom. The normalized spacial score (nSPS) is 25.3. The topological polar surface area (TPSA) is 32.3 Å². The molecule has 1 amide bonds. The second-order valence-corrected chi connectivity index (χ2v) is 3.63. The molecule has 0 aromatic heterocycles. The molecule has 1 fully saturated rings. The molecule has 1 heterocycles. The smallest absolute Gasteiger partial charge is 0.353 e. The minimum absolute atomic E-state index is 0.179. The van der Waals surface area contributed by atoms with Crippen LogP contribution >= 0.6 is 0 Å². The Balaban J connectivity index is 2.78. The van der Waals surface area contributed by atoms with Crippen molar-refractivity contribution in [2.45, 2.75) is 32.1 Å². The summed E-state index contributed by atoms with van der Waals surface area (Å²) in [6.45, 7) is 2.77. The fourth-order valence-corrected chi connectivity index (χ4v) is 1.51. The highest BCUT2D eigenvalue weighted by molar-refractivity contribution is 5.79. The molecule has 1 aliphatic rings. The van der Waals surface area contributed by atoms with Gasteiger partial charge in [-0.3, -0.25) is 9.69 Å². The second kappa shape index (κ2) is 3.76. The molecule has 1 rings (SSSR count). The Morgan fingerprint density at radius 2 is 2.07 bits per heavy atom. The van der Waals surface area contributed by atoms with Crippen molar-refractivity contribution in [3.8, 4) is 0 Å². The van der Waals surface area contributed by atoms with E-state index in [1.165, 1.54) is 4.90 Å². The monoisotopic (exact) mass is 210 g/mol. The van der Waals surface area contributed by atoms with Crippen molar-refractivity contribution in [1.29, 1.82) is 0 Å². The molecule has 82 valence electrons. The van der Waals surface area contributed by atoms with E-state index >= 15 is 0 Å². The lowest BCUT2D eigenvalue weighted by Crippen LogP contribution is -2.61. The van der Waals surface area contributed by atoms with E-state index in [2.05, 4.69) is 5.32 Å². The Morgan fingerprint density at radius 3 is 2.50 bits per heavy atom. The maximum Gasteiger partial charge on any atom is 0.405 e. The van der Waals surface area contributed by atoms with Crippen LogP contribution in [0.5, 0.6) is 0 Å². The van der Waals surface area contributed by atoms with E-state index in [9.17, 15) is 18.0 Å². The average Bonchev–Trinajstić information content (AvgIpc) is 2.01. The Labute approximate surface area is 80.3 Å². The molecule has 1 unspecified atom stereocenters. The molecule has 3 nitrogen and oxygen atoms in total. The number of hydrogen-bond donors (Lipinski definition) is 1. The first kappa shape index (κ1) is 11.3. The molecule has 0 aromatic rings. The van der Waals surface area contributed by atoms with Crippen LogP contribution in [0, 0.1) is 0 Å². The molecule has 0 aromatic carbocycles. The lowest BCUT2D eigenvalue weighted by molar-refractivity contribution is -0.193. The Hall–Kier alpha value is -0.780. The van der Waals surface area contributed by atoms with Crippen LogP contribution in [0.25, 0.3) is 0 Å². The number of piperazine rings is 1. The zero-order valence-electron chi connectivity index (χ0n) is 8.06. The van der Waals surface area contributed by atoms with Crippen molar-refractivity contribution >= 4 is 5.91 Å². The van der Waals surface area contributed by atoms with E-state index in [4.69, 9.17) is 0 Å². The van der Waals surface area contributed by atoms with Crippen LogP contribution < -0.4 is 5.32 Å². The van der Waals surface area contributed by atoms with Gasteiger partial charge in [0.1, 0.15) is 6.04 Å². The van der Waals surface area contributed by atoms with E-state index in [1.807, 2.05) is 0 Å². The van der Waals surface area contributed by atoms with Crippen LogP contribution in [0.2, 0.25) is 0 Å². The highest BCUT2D eigenvalue weighted by Crippen LogP contribution is 2.27. The van der Waals surface area contributed by atoms with Gasteiger partial charge in [-0.1, -0.05) is 0 Å². The number of amides is 1. The van der Waals surface area contributed by atoms with Gasteiger partial charge in [-0.05, 0) is 13.8 Å². The van der Waals surface area contributed by atoms with Gasteiger partial charge >= 0.3 is 6.18 Å². The zero-order chi connectivity index (χ0) is 10.9. The van der Waals surface area contributed by atoms with Gasteiger partial charge in [0.05, 0.1) is 6.54 Å². The van der Waals surface area contributed by atoms with Gasteiger partial charge in [-0.2, -0.15) is 13.2 Å². The van der Waals surface area contributed by atoms with Gasteiger partial charge in [0.2, 0.25) is 5.91 Å². The van der Waals surface area contributed by atoms with Gasteiger partial charge in [-0.25, -0.2) is 0 Å². The lowest BCUT2D eigenvalue weighted by atomic mass is 10.1. The SMILES string of the molecule is CC(C)N1CC(=O)NCC1C(F)(F)F. The predicted molar refractivity (Wildman–Crippen MR) is 44.7 cm³/mol. The number of halogens is 3. The van der Waals surface area contributed by atoms with Crippen molar-refractivity contribution < 1.29 is 18.0 Å². The highest BCUT2D eigenvalue weighted by Gasteiger charge is 2.46. The molecule has 6 heteroatoms. The predicted octanol–water partition coefficient (Wildman–Crippen LogP) is 0.758. The van der Waals surface area contributed by atoms with Crippen LogP contribution in [-0.4, -0.2) is 42.2 Å². The number of nitrogens with one attached hydrogen (secondary N) is 1. The molecule has 0 radical (unpaired) electrons. The standard InChI is InChI=1S/C8H13F3N2O/c1-5(2)13-4-7(14)12-3-6(13)8(9,10)11/h5-6H,3-4H2,1-2H3,(H,12,14). The van der Waals surface area contributed by atoms with Crippen LogP contribution in [0.4, 0.5) is 13.2 Å². The van der Waals surface area contributed by atoms with Gasteiger partial charge in [0.25, 0.3) is 0 Å². The summed E-state index contributed by atoms with van der Waals surface area (Å²) < 4.78 is 37.5. The number of carbonyl (C=O) groups is 1. The molecule has 0 spiro atoms. The van der Waals surface area contributed by atoms with Crippen molar-refractivity contribution in [2.24, 2.45) is 0 Å². The molecule has 1 saturated heterocycles. The largest absolute Gasteiger partial charge is 0.405 e. The van der Waals surface area contributed by atoms with Crippen molar-refractivity contribution in [3.05, 3.63) is 0 Å². The van der Waals surface area contributed by atoms with Gasteiger partial charge < -0.3 is 5.32 Å². The first-order valence-corrected chi connectivity index (χ1v) is 4.41. The quantitative estimate of drug-likeness (QED) is 0.693. The molecule has 14 heavy (non-hydrogen) atoms. The number of hydrogen-bond acceptors (Lipinski definition) is 2. The van der Waals surface area contributed by atoms with Crippen LogP contribution in [0.15, 0.2) is 0 Å². The number of alkyl halides is 3. The molecule has 1 aliphatic heterocycles. The summed E-state index contributed by atoms with van der Waals surface area (Å²) in [5.41, 5.74) is 0. The van der Waals surface area contributed by atoms with Crippen LogP contribution in [-0.2, 0) is 4.79 Å². The van der Waals surface area contributed by atoms with Crippen LogP contribution in [0.1, 0.15) is 13.8 Å². The Kier molecular flexibility index (Phi) is 3.04. The van der Waals surface area contributed by atoms with Gasteiger partial charge in [0.15, 0.2) is 0 Å². The summed E-state index contributed by atoms with van der Waals surface area (Å²) in [7, 11) is 0. The first-order chi connectivity index (χ1) is 6.32. The summed E-state index contributed by atoms with van der Waals surface area (Å²) in [5, 5.41) is 2.22. The van der Waals surface area contributed by atoms with Crippen molar-refractivity contribution in [2.75, 3.05) is 13.1 Å². The van der Waals surface area contributed by atoms with E-state index in [0.717, 1.165) is 0 Å². The molecular formula is C8H13F3N2O. The third-order valence-electron chi connectivity index (χ3n) is 2.26. The molecule has 0 aliphatic carbocycles. The first-order valence-electron chi connectivity index (χ1n) is 4.41. The molecule has 0 bridgehead atoms. The van der Waals surface area contributed by atoms with E-state index in [-0.39, 0.29) is 25.0 Å². The fourth-order valence-electron chi connectivity index (χ4n) is 1.51. The summed E-state index contributed by atoms with van der Waals surface area (Å²) in [5.74, 6) is -0.348. The molecule has 1 atom stereocenters. The van der Waals surface area contributed by atoms with E-state index in [1.54, 1.807) is 13.8 Å². The Bertz CT molecular complexity index is 227. The van der Waals surface area contributed by atoms with Crippen LogP contribution in [0.3, 0.4) is 0 Å². The third-order valence-corrected chi connectivity index (χ3v) is 2.26. The zero-order valence-corrected chi connectivity index (χ0v) is 8.06. The second-order valence-electron chi connectivity index (χ2n) is 3.63. The minimum Gasteiger partial charge on any atom is -0.353 e. The summed E-state index contributed by atoms with van der Waals surface area (Å²) in [6, 6.07) is -1.84. The number of nitrogens with zero attached hydrogens (tertiary/aromatic N) is 1. The molecule has 1 N–H and O–H groups in total. The number of carbonyl (C=O) groups excluding carboxylic acids is 1. The number of rotatable bonds is 1. The fraction of sp³-hybridized carbons (Fsp3) is 0.875. The molecule has 0 saturated carbocycles. The maximum atomic E-state index is 12.5. The maximum absolute atomic E-state index is 12.5. The third kappa shape index (κ3) is 2.37. The van der Waals surface area contributed by atoms with E-state index < -0.39 is 12.2 Å². The lowest BCUT2D eigenvalue weighted by Gasteiger charge is -2.38. The average molecular weight is 210 g/mol. The van der Waals surface area contributed by atoms with E-state index in [0.29, 0.717) is 0 Å². The van der Waals surface area contributed by atoms with Crippen molar-refractivity contribution in [3.63, 3.8) is 0 Å². The summed E-state index contributed by atoms with van der Waals surface area (Å²) >= 11 is 0. The van der Waals surface area contributed by atoms with Crippen molar-refractivity contribution in [1.82, 2.24) is 10.2 Å². The minimum atomic E-state index is -4.28. The summed E-state index contributed by atoms with van der Waals surface area (Å²) in [6.07, 6.45) is -4.28. The highest BCUT2D eigenvalue weighted by atomic mass is 19.4.